The molecule has 4 nitrogen and oxygen atoms in total. The first-order valence-corrected chi connectivity index (χ1v) is 6.60. The first kappa shape index (κ1) is 14.5. The van der Waals surface area contributed by atoms with Crippen molar-refractivity contribution in [2.75, 3.05) is 33.8 Å². The standard InChI is InChI=1S/C13H26N2O2/c1-15(2)9-6-12(17)14-10-13(11-16)7-4-3-5-8-13/h16H,3-11H2,1-2H3,(H,14,17). The van der Waals surface area contributed by atoms with Gasteiger partial charge in [-0.2, -0.15) is 0 Å². The van der Waals surface area contributed by atoms with Crippen LogP contribution in [0.3, 0.4) is 0 Å². The minimum absolute atomic E-state index is 0.0496. The molecule has 0 aliphatic heterocycles. The molecule has 1 saturated carbocycles. The maximum atomic E-state index is 11.6. The van der Waals surface area contributed by atoms with Crippen molar-refractivity contribution in [3.05, 3.63) is 0 Å². The van der Waals surface area contributed by atoms with Crippen LogP contribution in [0.15, 0.2) is 0 Å². The third-order valence-electron chi connectivity index (χ3n) is 3.70. The lowest BCUT2D eigenvalue weighted by Crippen LogP contribution is -2.41. The fourth-order valence-corrected chi connectivity index (χ4v) is 2.39. The molecule has 17 heavy (non-hydrogen) atoms. The number of aliphatic hydroxyl groups is 1. The first-order valence-electron chi connectivity index (χ1n) is 6.60. The Kier molecular flexibility index (Phi) is 5.92. The lowest BCUT2D eigenvalue weighted by molar-refractivity contribution is -0.122. The van der Waals surface area contributed by atoms with Crippen molar-refractivity contribution in [1.82, 2.24) is 10.2 Å². The highest BCUT2D eigenvalue weighted by Gasteiger charge is 2.31. The summed E-state index contributed by atoms with van der Waals surface area (Å²) in [4.78, 5) is 13.6. The Morgan fingerprint density at radius 2 is 1.94 bits per heavy atom. The maximum Gasteiger partial charge on any atom is 0.221 e. The topological polar surface area (TPSA) is 52.6 Å². The van der Waals surface area contributed by atoms with E-state index in [-0.39, 0.29) is 17.9 Å². The summed E-state index contributed by atoms with van der Waals surface area (Å²) in [7, 11) is 3.92. The Balaban J connectivity index is 2.29. The number of hydrogen-bond acceptors (Lipinski definition) is 3. The fraction of sp³-hybridized carbons (Fsp3) is 0.923. The average Bonchev–Trinajstić information content (AvgIpc) is 2.35. The average molecular weight is 242 g/mol. The van der Waals surface area contributed by atoms with E-state index in [1.165, 1.54) is 19.3 Å². The van der Waals surface area contributed by atoms with Gasteiger partial charge in [-0.25, -0.2) is 0 Å². The molecule has 0 bridgehead atoms. The smallest absolute Gasteiger partial charge is 0.221 e. The van der Waals surface area contributed by atoms with Crippen LogP contribution in [-0.4, -0.2) is 49.7 Å². The van der Waals surface area contributed by atoms with Gasteiger partial charge in [0.1, 0.15) is 0 Å². The Labute approximate surface area is 104 Å². The van der Waals surface area contributed by atoms with Crippen molar-refractivity contribution in [3.8, 4) is 0 Å². The lowest BCUT2D eigenvalue weighted by atomic mass is 9.74. The number of carbonyl (C=O) groups is 1. The van der Waals surface area contributed by atoms with E-state index in [1.807, 2.05) is 19.0 Å². The number of aliphatic hydroxyl groups excluding tert-OH is 1. The molecule has 0 aromatic carbocycles. The van der Waals surface area contributed by atoms with Crippen LogP contribution in [0.25, 0.3) is 0 Å². The largest absolute Gasteiger partial charge is 0.396 e. The minimum Gasteiger partial charge on any atom is -0.396 e. The van der Waals surface area contributed by atoms with E-state index in [2.05, 4.69) is 5.32 Å². The van der Waals surface area contributed by atoms with Gasteiger partial charge in [0.15, 0.2) is 0 Å². The predicted octanol–water partition coefficient (Wildman–Crippen LogP) is 0.997. The van der Waals surface area contributed by atoms with E-state index in [9.17, 15) is 9.90 Å². The van der Waals surface area contributed by atoms with Crippen LogP contribution in [0.5, 0.6) is 0 Å². The van der Waals surface area contributed by atoms with Crippen molar-refractivity contribution in [3.63, 3.8) is 0 Å². The zero-order valence-electron chi connectivity index (χ0n) is 11.2. The highest BCUT2D eigenvalue weighted by Crippen LogP contribution is 2.35. The van der Waals surface area contributed by atoms with Gasteiger partial charge in [0.2, 0.25) is 5.91 Å². The Hall–Kier alpha value is -0.610. The van der Waals surface area contributed by atoms with E-state index in [4.69, 9.17) is 0 Å². The highest BCUT2D eigenvalue weighted by atomic mass is 16.3. The Morgan fingerprint density at radius 1 is 1.29 bits per heavy atom. The molecule has 1 amide bonds. The second kappa shape index (κ2) is 6.97. The normalized spacial score (nSPS) is 19.3. The number of carbonyl (C=O) groups excluding carboxylic acids is 1. The van der Waals surface area contributed by atoms with Crippen LogP contribution in [0.2, 0.25) is 0 Å². The Morgan fingerprint density at radius 3 is 2.47 bits per heavy atom. The third kappa shape index (κ3) is 5.04. The van der Waals surface area contributed by atoms with Crippen LogP contribution in [0.1, 0.15) is 38.5 Å². The summed E-state index contributed by atoms with van der Waals surface area (Å²) < 4.78 is 0. The van der Waals surface area contributed by atoms with Crippen molar-refractivity contribution in [2.24, 2.45) is 5.41 Å². The van der Waals surface area contributed by atoms with E-state index >= 15 is 0 Å². The second-order valence-corrected chi connectivity index (χ2v) is 5.55. The summed E-state index contributed by atoms with van der Waals surface area (Å²) in [5.41, 5.74) is -0.0496. The molecule has 0 saturated heterocycles. The first-order chi connectivity index (χ1) is 8.08. The third-order valence-corrected chi connectivity index (χ3v) is 3.70. The van der Waals surface area contributed by atoms with Gasteiger partial charge in [0.05, 0.1) is 6.61 Å². The zero-order valence-corrected chi connectivity index (χ0v) is 11.2. The molecule has 1 fully saturated rings. The van der Waals surface area contributed by atoms with Crippen molar-refractivity contribution >= 4 is 5.91 Å². The summed E-state index contributed by atoms with van der Waals surface area (Å²) in [5, 5.41) is 12.5. The van der Waals surface area contributed by atoms with E-state index in [0.29, 0.717) is 13.0 Å². The number of hydrogen-bond donors (Lipinski definition) is 2. The van der Waals surface area contributed by atoms with Crippen LogP contribution in [0.4, 0.5) is 0 Å². The van der Waals surface area contributed by atoms with Crippen LogP contribution < -0.4 is 5.32 Å². The molecule has 0 radical (unpaired) electrons. The quantitative estimate of drug-likeness (QED) is 0.730. The summed E-state index contributed by atoms with van der Waals surface area (Å²) in [6.45, 7) is 1.61. The monoisotopic (exact) mass is 242 g/mol. The van der Waals surface area contributed by atoms with Crippen molar-refractivity contribution in [2.45, 2.75) is 38.5 Å². The Bertz CT molecular complexity index is 236. The molecule has 1 rings (SSSR count). The summed E-state index contributed by atoms with van der Waals surface area (Å²) >= 11 is 0. The molecule has 0 unspecified atom stereocenters. The molecule has 0 atom stereocenters. The maximum absolute atomic E-state index is 11.6. The SMILES string of the molecule is CN(C)CCC(=O)NCC1(CO)CCCCC1. The van der Waals surface area contributed by atoms with Crippen LogP contribution in [0, 0.1) is 5.41 Å². The number of amides is 1. The second-order valence-electron chi connectivity index (χ2n) is 5.55. The van der Waals surface area contributed by atoms with Gasteiger partial charge in [-0.3, -0.25) is 4.79 Å². The molecule has 4 heteroatoms. The molecular formula is C13H26N2O2. The van der Waals surface area contributed by atoms with Gasteiger partial charge in [0, 0.05) is 24.9 Å². The highest BCUT2D eigenvalue weighted by molar-refractivity contribution is 5.76. The van der Waals surface area contributed by atoms with Gasteiger partial charge in [-0.1, -0.05) is 19.3 Å². The molecule has 1 aliphatic carbocycles. The molecule has 100 valence electrons. The van der Waals surface area contributed by atoms with Crippen molar-refractivity contribution in [1.29, 1.82) is 0 Å². The lowest BCUT2D eigenvalue weighted by Gasteiger charge is -2.35. The van der Waals surface area contributed by atoms with Gasteiger partial charge in [-0.15, -0.1) is 0 Å². The molecule has 0 heterocycles. The summed E-state index contributed by atoms with van der Waals surface area (Å²) in [5.74, 6) is 0.0945. The van der Waals surface area contributed by atoms with Crippen LogP contribution in [-0.2, 0) is 4.79 Å². The number of nitrogens with zero attached hydrogens (tertiary/aromatic N) is 1. The van der Waals surface area contributed by atoms with Gasteiger partial charge >= 0.3 is 0 Å². The van der Waals surface area contributed by atoms with Gasteiger partial charge in [0.25, 0.3) is 0 Å². The summed E-state index contributed by atoms with van der Waals surface area (Å²) in [6.07, 6.45) is 6.22. The van der Waals surface area contributed by atoms with E-state index in [0.717, 1.165) is 19.4 Å². The molecule has 0 spiro atoms. The van der Waals surface area contributed by atoms with Crippen molar-refractivity contribution < 1.29 is 9.90 Å². The van der Waals surface area contributed by atoms with Crippen LogP contribution >= 0.6 is 0 Å². The van der Waals surface area contributed by atoms with Gasteiger partial charge in [-0.05, 0) is 26.9 Å². The fourth-order valence-electron chi connectivity index (χ4n) is 2.39. The molecule has 0 aromatic rings. The predicted molar refractivity (Wildman–Crippen MR) is 68.8 cm³/mol. The molecule has 2 N–H and O–H groups in total. The summed E-state index contributed by atoms with van der Waals surface area (Å²) in [6, 6.07) is 0. The van der Waals surface area contributed by atoms with E-state index < -0.39 is 0 Å². The van der Waals surface area contributed by atoms with Gasteiger partial charge < -0.3 is 15.3 Å². The molecule has 0 aromatic heterocycles. The van der Waals surface area contributed by atoms with E-state index in [1.54, 1.807) is 0 Å². The number of nitrogens with one attached hydrogen (secondary N) is 1. The number of rotatable bonds is 6. The minimum atomic E-state index is -0.0496. The molecule has 1 aliphatic rings. The molecular weight excluding hydrogens is 216 g/mol. The zero-order chi connectivity index (χ0) is 12.7.